The molecule has 3 heterocycles. The lowest BCUT2D eigenvalue weighted by atomic mass is 9.93. The molecule has 1 saturated heterocycles. The number of benzene rings is 1. The number of aromatic nitrogens is 4. The van der Waals surface area contributed by atoms with E-state index in [1.165, 1.54) is 12.5 Å². The zero-order valence-corrected chi connectivity index (χ0v) is 15.2. The van der Waals surface area contributed by atoms with E-state index in [1.54, 1.807) is 4.90 Å². The number of carbonyl (C=O) groups is 1. The molecule has 1 aromatic carbocycles. The molecule has 0 spiro atoms. The smallest absolute Gasteiger partial charge is 0.263 e. The third kappa shape index (κ3) is 3.50. The molecular weight excluding hydrogens is 366 g/mol. The fourth-order valence-electron chi connectivity index (χ4n) is 3.41. The van der Waals surface area contributed by atoms with Crippen molar-refractivity contribution in [2.75, 3.05) is 13.1 Å². The van der Waals surface area contributed by atoms with Gasteiger partial charge in [0.15, 0.2) is 0 Å². The molecule has 3 aromatic rings. The van der Waals surface area contributed by atoms with Crippen LogP contribution in [0.15, 0.2) is 47.7 Å². The summed E-state index contributed by atoms with van der Waals surface area (Å²) in [6.07, 6.45) is 4.19. The summed E-state index contributed by atoms with van der Waals surface area (Å²) in [7, 11) is 0. The number of halogens is 1. The number of nitrogens with one attached hydrogen (secondary N) is 2. The van der Waals surface area contributed by atoms with Crippen LogP contribution in [0.4, 0.5) is 0 Å². The Morgan fingerprint density at radius 3 is 2.74 bits per heavy atom. The number of hydrogen-bond acceptors (Lipinski definition) is 4. The predicted molar refractivity (Wildman–Crippen MR) is 102 cm³/mol. The minimum absolute atomic E-state index is 0.0819. The third-order valence-corrected chi connectivity index (χ3v) is 5.25. The van der Waals surface area contributed by atoms with Crippen molar-refractivity contribution in [3.05, 3.63) is 69.5 Å². The van der Waals surface area contributed by atoms with E-state index in [2.05, 4.69) is 20.2 Å². The first-order valence-corrected chi connectivity index (χ1v) is 9.13. The molecule has 138 valence electrons. The summed E-state index contributed by atoms with van der Waals surface area (Å²) >= 11 is 6.25. The number of amides is 1. The second-order valence-corrected chi connectivity index (χ2v) is 6.96. The molecule has 1 aliphatic heterocycles. The summed E-state index contributed by atoms with van der Waals surface area (Å²) < 4.78 is 0. The highest BCUT2D eigenvalue weighted by Crippen LogP contribution is 2.31. The lowest BCUT2D eigenvalue weighted by Crippen LogP contribution is -2.40. The van der Waals surface area contributed by atoms with Gasteiger partial charge in [-0.1, -0.05) is 29.8 Å². The van der Waals surface area contributed by atoms with Crippen LogP contribution in [0.1, 0.15) is 34.8 Å². The first-order chi connectivity index (χ1) is 13.1. The number of rotatable bonds is 3. The molecule has 1 fully saturated rings. The first kappa shape index (κ1) is 17.5. The monoisotopic (exact) mass is 383 g/mol. The van der Waals surface area contributed by atoms with Gasteiger partial charge in [0.1, 0.15) is 5.56 Å². The molecule has 0 unspecified atom stereocenters. The SMILES string of the molecule is O=C(c1cnc[nH]c1=O)N1CCC(c2cc(-c3ccccc3Cl)n[nH]2)CC1. The Hall–Kier alpha value is -2.93. The van der Waals surface area contributed by atoms with Crippen molar-refractivity contribution in [2.45, 2.75) is 18.8 Å². The van der Waals surface area contributed by atoms with Crippen LogP contribution in [-0.2, 0) is 0 Å². The molecule has 7 nitrogen and oxygen atoms in total. The van der Waals surface area contributed by atoms with Gasteiger partial charge >= 0.3 is 0 Å². The molecule has 2 N–H and O–H groups in total. The third-order valence-electron chi connectivity index (χ3n) is 4.92. The first-order valence-electron chi connectivity index (χ1n) is 8.75. The molecule has 8 heteroatoms. The number of aromatic amines is 2. The number of carbonyl (C=O) groups excluding carboxylic acids is 1. The van der Waals surface area contributed by atoms with Crippen molar-refractivity contribution in [2.24, 2.45) is 0 Å². The Morgan fingerprint density at radius 2 is 2.00 bits per heavy atom. The Labute approximate surface area is 160 Å². The average Bonchev–Trinajstić information content (AvgIpc) is 3.18. The predicted octanol–water partition coefficient (Wildman–Crippen LogP) is 2.83. The maximum atomic E-state index is 12.5. The van der Waals surface area contributed by atoms with Crippen molar-refractivity contribution < 1.29 is 4.79 Å². The molecule has 2 aromatic heterocycles. The molecule has 1 aliphatic rings. The van der Waals surface area contributed by atoms with Gasteiger partial charge in [0.2, 0.25) is 0 Å². The van der Waals surface area contributed by atoms with Crippen LogP contribution >= 0.6 is 11.6 Å². The van der Waals surface area contributed by atoms with Gasteiger partial charge in [0.25, 0.3) is 11.5 Å². The summed E-state index contributed by atoms with van der Waals surface area (Å²) in [5, 5.41) is 8.17. The van der Waals surface area contributed by atoms with E-state index in [1.807, 2.05) is 30.3 Å². The van der Waals surface area contributed by atoms with E-state index in [4.69, 9.17) is 11.6 Å². The van der Waals surface area contributed by atoms with Crippen LogP contribution in [0.3, 0.4) is 0 Å². The number of piperidine rings is 1. The van der Waals surface area contributed by atoms with Crippen LogP contribution in [0.25, 0.3) is 11.3 Å². The zero-order chi connectivity index (χ0) is 18.8. The number of hydrogen-bond donors (Lipinski definition) is 2. The van der Waals surface area contributed by atoms with E-state index in [0.29, 0.717) is 18.1 Å². The molecule has 0 saturated carbocycles. The van der Waals surface area contributed by atoms with Gasteiger partial charge in [0.05, 0.1) is 17.0 Å². The minimum atomic E-state index is -0.407. The maximum Gasteiger partial charge on any atom is 0.263 e. The van der Waals surface area contributed by atoms with Crippen LogP contribution in [-0.4, -0.2) is 44.1 Å². The van der Waals surface area contributed by atoms with Crippen LogP contribution in [0.5, 0.6) is 0 Å². The maximum absolute atomic E-state index is 12.5. The highest BCUT2D eigenvalue weighted by atomic mass is 35.5. The quantitative estimate of drug-likeness (QED) is 0.727. The molecule has 0 bridgehead atoms. The van der Waals surface area contributed by atoms with E-state index >= 15 is 0 Å². The normalized spacial score (nSPS) is 15.1. The largest absolute Gasteiger partial charge is 0.338 e. The van der Waals surface area contributed by atoms with Gasteiger partial charge in [-0.3, -0.25) is 14.7 Å². The van der Waals surface area contributed by atoms with Gasteiger partial charge in [-0.05, 0) is 25.0 Å². The summed E-state index contributed by atoms with van der Waals surface area (Å²) in [5.74, 6) is 0.00846. The lowest BCUT2D eigenvalue weighted by molar-refractivity contribution is 0.0709. The van der Waals surface area contributed by atoms with Gasteiger partial charge in [0, 0.05) is 36.5 Å². The number of nitrogens with zero attached hydrogens (tertiary/aromatic N) is 3. The van der Waals surface area contributed by atoms with Crippen molar-refractivity contribution in [1.29, 1.82) is 0 Å². The fourth-order valence-corrected chi connectivity index (χ4v) is 3.65. The summed E-state index contributed by atoms with van der Waals surface area (Å²) in [5.41, 5.74) is 2.42. The standard InChI is InChI=1S/C19H18ClN5O2/c20-15-4-2-1-3-13(15)17-9-16(23-24-17)12-5-7-25(8-6-12)19(27)14-10-21-11-22-18(14)26/h1-4,9-12H,5-8H2,(H,23,24)(H,21,22,26). The van der Waals surface area contributed by atoms with Crippen molar-refractivity contribution in [3.8, 4) is 11.3 Å². The second kappa shape index (κ2) is 7.36. The zero-order valence-electron chi connectivity index (χ0n) is 14.5. The van der Waals surface area contributed by atoms with E-state index < -0.39 is 5.56 Å². The topological polar surface area (TPSA) is 94.7 Å². The van der Waals surface area contributed by atoms with Gasteiger partial charge in [-0.15, -0.1) is 0 Å². The lowest BCUT2D eigenvalue weighted by Gasteiger charge is -2.31. The van der Waals surface area contributed by atoms with E-state index in [9.17, 15) is 9.59 Å². The fraction of sp³-hybridized carbons (Fsp3) is 0.263. The van der Waals surface area contributed by atoms with Crippen molar-refractivity contribution >= 4 is 17.5 Å². The van der Waals surface area contributed by atoms with Gasteiger partial charge < -0.3 is 9.88 Å². The van der Waals surface area contributed by atoms with Crippen molar-refractivity contribution in [1.82, 2.24) is 25.1 Å². The average molecular weight is 384 g/mol. The second-order valence-electron chi connectivity index (χ2n) is 6.55. The van der Waals surface area contributed by atoms with E-state index in [-0.39, 0.29) is 17.4 Å². The summed E-state index contributed by atoms with van der Waals surface area (Å²) in [6, 6.07) is 9.62. The number of H-pyrrole nitrogens is 2. The summed E-state index contributed by atoms with van der Waals surface area (Å²) in [6.45, 7) is 1.16. The minimum Gasteiger partial charge on any atom is -0.338 e. The Bertz CT molecular complexity index is 1020. The van der Waals surface area contributed by atoms with Gasteiger partial charge in [-0.25, -0.2) is 4.98 Å². The Kier molecular flexibility index (Phi) is 4.77. The highest BCUT2D eigenvalue weighted by molar-refractivity contribution is 6.33. The molecule has 4 rings (SSSR count). The van der Waals surface area contributed by atoms with E-state index in [0.717, 1.165) is 29.8 Å². The molecule has 0 atom stereocenters. The molecule has 27 heavy (non-hydrogen) atoms. The Balaban J connectivity index is 1.44. The highest BCUT2D eigenvalue weighted by Gasteiger charge is 2.27. The number of likely N-dealkylation sites (tertiary alicyclic amines) is 1. The van der Waals surface area contributed by atoms with Crippen LogP contribution in [0.2, 0.25) is 5.02 Å². The summed E-state index contributed by atoms with van der Waals surface area (Å²) in [4.78, 5) is 32.3. The van der Waals surface area contributed by atoms with Crippen LogP contribution < -0.4 is 5.56 Å². The molecular formula is C19H18ClN5O2. The van der Waals surface area contributed by atoms with Crippen molar-refractivity contribution in [3.63, 3.8) is 0 Å². The molecule has 1 amide bonds. The molecule has 0 radical (unpaired) electrons. The Morgan fingerprint density at radius 1 is 1.22 bits per heavy atom. The van der Waals surface area contributed by atoms with Gasteiger partial charge in [-0.2, -0.15) is 5.10 Å². The molecule has 0 aliphatic carbocycles. The van der Waals surface area contributed by atoms with Crippen LogP contribution in [0, 0.1) is 0 Å².